The predicted octanol–water partition coefficient (Wildman–Crippen LogP) is 4.44. The highest BCUT2D eigenvalue weighted by atomic mass is 19.4. The molecule has 3 aromatic heterocycles. The highest BCUT2D eigenvalue weighted by Gasteiger charge is 2.28. The molecule has 0 spiro atoms. The van der Waals surface area contributed by atoms with Gasteiger partial charge in [-0.1, -0.05) is 30.3 Å². The Labute approximate surface area is 187 Å². The Morgan fingerprint density at radius 3 is 2.70 bits per heavy atom. The summed E-state index contributed by atoms with van der Waals surface area (Å²) in [6, 6.07) is 13.9. The summed E-state index contributed by atoms with van der Waals surface area (Å²) in [6.45, 7) is 0.253. The van der Waals surface area contributed by atoms with Crippen LogP contribution in [0, 0.1) is 0 Å². The molecule has 1 N–H and O–H groups in total. The molecule has 0 bridgehead atoms. The number of nitrogens with zero attached hydrogens (tertiary/aromatic N) is 3. The van der Waals surface area contributed by atoms with Crippen LogP contribution in [0.15, 0.2) is 65.4 Å². The summed E-state index contributed by atoms with van der Waals surface area (Å²) in [7, 11) is 0. The van der Waals surface area contributed by atoms with Crippen LogP contribution in [-0.2, 0) is 11.3 Å². The van der Waals surface area contributed by atoms with Gasteiger partial charge in [0.2, 0.25) is 0 Å². The number of carbonyl (C=O) groups excluding carboxylic acids is 1. The molecule has 33 heavy (non-hydrogen) atoms. The van der Waals surface area contributed by atoms with Crippen molar-refractivity contribution in [3.63, 3.8) is 0 Å². The maximum absolute atomic E-state index is 13.1. The van der Waals surface area contributed by atoms with Crippen molar-refractivity contribution >= 4 is 16.9 Å². The van der Waals surface area contributed by atoms with Crippen molar-refractivity contribution in [1.29, 1.82) is 0 Å². The van der Waals surface area contributed by atoms with E-state index in [4.69, 9.17) is 9.40 Å². The first-order valence-electron chi connectivity index (χ1n) is 10.2. The number of hydrogen-bond donors (Lipinski definition) is 1. The molecule has 0 aliphatic rings. The molecule has 7 nitrogen and oxygen atoms in total. The van der Waals surface area contributed by atoms with Gasteiger partial charge in [-0.15, -0.1) is 0 Å². The zero-order valence-electron chi connectivity index (χ0n) is 17.7. The van der Waals surface area contributed by atoms with Gasteiger partial charge in [0.05, 0.1) is 35.7 Å². The van der Waals surface area contributed by atoms with E-state index in [1.54, 1.807) is 36.2 Å². The Bertz CT molecular complexity index is 1220. The van der Waals surface area contributed by atoms with E-state index in [1.807, 2.05) is 36.4 Å². The van der Waals surface area contributed by atoms with Crippen LogP contribution >= 0.6 is 0 Å². The standard InChI is InChI=1S/C23H21F3N4O3/c1-15(13-32-14-23(24,25)26)28-22(31)18-10-20(16-6-3-2-4-7-16)29-21-19(18)11-27-30(21)12-17-8-5-9-33-17/h2-11,15H,12-14H2,1H3,(H,28,31). The van der Waals surface area contributed by atoms with E-state index in [-0.39, 0.29) is 6.61 Å². The summed E-state index contributed by atoms with van der Waals surface area (Å²) in [4.78, 5) is 17.8. The van der Waals surface area contributed by atoms with Crippen LogP contribution in [0.1, 0.15) is 23.0 Å². The average Bonchev–Trinajstić information content (AvgIpc) is 3.43. The Morgan fingerprint density at radius 1 is 1.21 bits per heavy atom. The fraction of sp³-hybridized carbons (Fsp3) is 0.261. The van der Waals surface area contributed by atoms with Crippen LogP contribution in [0.4, 0.5) is 13.2 Å². The number of furan rings is 1. The van der Waals surface area contributed by atoms with Gasteiger partial charge in [0, 0.05) is 11.6 Å². The van der Waals surface area contributed by atoms with Crippen molar-refractivity contribution in [3.05, 3.63) is 72.3 Å². The van der Waals surface area contributed by atoms with E-state index in [2.05, 4.69) is 15.2 Å². The minimum absolute atomic E-state index is 0.275. The van der Waals surface area contributed by atoms with Crippen LogP contribution in [0.5, 0.6) is 0 Å². The number of fused-ring (bicyclic) bond motifs is 1. The average molecular weight is 458 g/mol. The molecule has 4 aromatic rings. The first-order valence-corrected chi connectivity index (χ1v) is 10.2. The van der Waals surface area contributed by atoms with E-state index in [1.165, 1.54) is 0 Å². The molecule has 1 aromatic carbocycles. The normalized spacial score (nSPS) is 12.7. The molecule has 0 saturated heterocycles. The quantitative estimate of drug-likeness (QED) is 0.422. The number of rotatable bonds is 8. The van der Waals surface area contributed by atoms with Crippen LogP contribution in [0.2, 0.25) is 0 Å². The summed E-state index contributed by atoms with van der Waals surface area (Å²) in [5, 5.41) is 7.58. The van der Waals surface area contributed by atoms with Crippen molar-refractivity contribution in [3.8, 4) is 11.3 Å². The van der Waals surface area contributed by atoms with E-state index in [0.717, 1.165) is 5.56 Å². The Hall–Kier alpha value is -3.66. The number of amides is 1. The summed E-state index contributed by atoms with van der Waals surface area (Å²) >= 11 is 0. The summed E-state index contributed by atoms with van der Waals surface area (Å²) in [5.74, 6) is 0.216. The first kappa shape index (κ1) is 22.5. The molecule has 0 fully saturated rings. The molecule has 1 unspecified atom stereocenters. The Morgan fingerprint density at radius 2 is 2.00 bits per heavy atom. The van der Waals surface area contributed by atoms with Crippen LogP contribution in [-0.4, -0.2) is 46.1 Å². The number of benzene rings is 1. The largest absolute Gasteiger partial charge is 0.467 e. The molecule has 172 valence electrons. The van der Waals surface area contributed by atoms with Gasteiger partial charge < -0.3 is 14.5 Å². The molecule has 0 radical (unpaired) electrons. The summed E-state index contributed by atoms with van der Waals surface area (Å²) in [6.07, 6.45) is -1.32. The maximum Gasteiger partial charge on any atom is 0.411 e. The van der Waals surface area contributed by atoms with Gasteiger partial charge in [0.25, 0.3) is 5.91 Å². The minimum atomic E-state index is -4.42. The number of aromatic nitrogens is 3. The van der Waals surface area contributed by atoms with Gasteiger partial charge in [0.15, 0.2) is 5.65 Å². The van der Waals surface area contributed by atoms with Gasteiger partial charge in [-0.3, -0.25) is 4.79 Å². The number of alkyl halides is 3. The van der Waals surface area contributed by atoms with E-state index in [0.29, 0.717) is 34.6 Å². The molecule has 0 aliphatic heterocycles. The zero-order valence-corrected chi connectivity index (χ0v) is 17.7. The van der Waals surface area contributed by atoms with Gasteiger partial charge >= 0.3 is 6.18 Å². The second-order valence-corrected chi connectivity index (χ2v) is 7.54. The molecule has 3 heterocycles. The lowest BCUT2D eigenvalue weighted by Crippen LogP contribution is -2.37. The third-order valence-corrected chi connectivity index (χ3v) is 4.82. The highest BCUT2D eigenvalue weighted by molar-refractivity contribution is 6.06. The second-order valence-electron chi connectivity index (χ2n) is 7.54. The molecule has 10 heteroatoms. The maximum atomic E-state index is 13.1. The fourth-order valence-corrected chi connectivity index (χ4v) is 3.35. The van der Waals surface area contributed by atoms with Crippen molar-refractivity contribution in [2.75, 3.05) is 13.2 Å². The van der Waals surface area contributed by atoms with Crippen molar-refractivity contribution < 1.29 is 27.1 Å². The van der Waals surface area contributed by atoms with Gasteiger partial charge in [0.1, 0.15) is 18.9 Å². The lowest BCUT2D eigenvalue weighted by Gasteiger charge is -2.16. The zero-order chi connectivity index (χ0) is 23.4. The number of hydrogen-bond acceptors (Lipinski definition) is 5. The third-order valence-electron chi connectivity index (χ3n) is 4.82. The third kappa shape index (κ3) is 5.58. The Kier molecular flexibility index (Phi) is 6.45. The van der Waals surface area contributed by atoms with Crippen molar-refractivity contribution in [2.24, 2.45) is 0 Å². The van der Waals surface area contributed by atoms with Gasteiger partial charge in [-0.2, -0.15) is 18.3 Å². The van der Waals surface area contributed by atoms with Crippen LogP contribution in [0.3, 0.4) is 0 Å². The number of carbonyl (C=O) groups is 1. The molecule has 4 rings (SSSR count). The van der Waals surface area contributed by atoms with Crippen molar-refractivity contribution in [2.45, 2.75) is 25.7 Å². The fourth-order valence-electron chi connectivity index (χ4n) is 3.35. The number of halogens is 3. The highest BCUT2D eigenvalue weighted by Crippen LogP contribution is 2.25. The molecule has 0 saturated carbocycles. The van der Waals surface area contributed by atoms with Crippen LogP contribution in [0.25, 0.3) is 22.3 Å². The predicted molar refractivity (Wildman–Crippen MR) is 115 cm³/mol. The van der Waals surface area contributed by atoms with Crippen LogP contribution < -0.4 is 5.32 Å². The Balaban J connectivity index is 1.64. The molecular formula is C23H21F3N4O3. The number of ether oxygens (including phenoxy) is 1. The molecule has 0 aliphatic carbocycles. The first-order chi connectivity index (χ1) is 15.8. The summed E-state index contributed by atoms with van der Waals surface area (Å²) in [5.41, 5.74) is 2.17. The van der Waals surface area contributed by atoms with E-state index >= 15 is 0 Å². The van der Waals surface area contributed by atoms with Crippen molar-refractivity contribution in [1.82, 2.24) is 20.1 Å². The van der Waals surface area contributed by atoms with E-state index < -0.39 is 24.7 Å². The molecular weight excluding hydrogens is 437 g/mol. The summed E-state index contributed by atoms with van der Waals surface area (Å²) < 4.78 is 48.6. The SMILES string of the molecule is CC(COCC(F)(F)F)NC(=O)c1cc(-c2ccccc2)nc2c1cnn2Cc1ccco1. The second kappa shape index (κ2) is 9.45. The molecule has 1 atom stereocenters. The minimum Gasteiger partial charge on any atom is -0.467 e. The smallest absolute Gasteiger partial charge is 0.411 e. The lowest BCUT2D eigenvalue weighted by molar-refractivity contribution is -0.174. The number of nitrogens with one attached hydrogen (secondary N) is 1. The van der Waals surface area contributed by atoms with Gasteiger partial charge in [-0.25, -0.2) is 9.67 Å². The van der Waals surface area contributed by atoms with Gasteiger partial charge in [-0.05, 0) is 25.1 Å². The molecule has 1 amide bonds. The number of pyridine rings is 1. The van der Waals surface area contributed by atoms with E-state index in [9.17, 15) is 18.0 Å². The topological polar surface area (TPSA) is 82.2 Å². The monoisotopic (exact) mass is 458 g/mol. The lowest BCUT2D eigenvalue weighted by atomic mass is 10.1.